The summed E-state index contributed by atoms with van der Waals surface area (Å²) in [7, 11) is 0. The summed E-state index contributed by atoms with van der Waals surface area (Å²) in [6.45, 7) is 11.4. The second-order valence-corrected chi connectivity index (χ2v) is 6.46. The van der Waals surface area contributed by atoms with Crippen LogP contribution in [0.3, 0.4) is 0 Å². The Morgan fingerprint density at radius 2 is 2.29 bits per heavy atom. The fraction of sp³-hybridized carbons (Fsp3) is 0.667. The lowest BCUT2D eigenvalue weighted by Crippen LogP contribution is -2.41. The Morgan fingerprint density at radius 3 is 3.00 bits per heavy atom. The van der Waals surface area contributed by atoms with Gasteiger partial charge in [0.05, 0.1) is 6.54 Å². The third-order valence-electron chi connectivity index (χ3n) is 3.34. The Hall–Kier alpha value is -0.340. The second kappa shape index (κ2) is 9.63. The van der Waals surface area contributed by atoms with E-state index in [1.54, 1.807) is 4.88 Å². The molecule has 4 nitrogen and oxygen atoms in total. The minimum atomic E-state index is 0. The van der Waals surface area contributed by atoms with E-state index in [0.29, 0.717) is 6.04 Å². The first-order valence-electron chi connectivity index (χ1n) is 7.51. The van der Waals surface area contributed by atoms with E-state index in [2.05, 4.69) is 52.7 Å². The first kappa shape index (κ1) is 18.7. The van der Waals surface area contributed by atoms with Crippen LogP contribution in [0.2, 0.25) is 0 Å². The molecule has 1 aliphatic heterocycles. The van der Waals surface area contributed by atoms with Gasteiger partial charge in [-0.05, 0) is 44.2 Å². The minimum Gasteiger partial charge on any atom is -0.357 e. The van der Waals surface area contributed by atoms with Gasteiger partial charge in [0.25, 0.3) is 0 Å². The van der Waals surface area contributed by atoms with Crippen molar-refractivity contribution >= 4 is 41.3 Å². The van der Waals surface area contributed by atoms with Crippen molar-refractivity contribution in [1.82, 2.24) is 15.5 Å². The zero-order valence-corrected chi connectivity index (χ0v) is 16.3. The van der Waals surface area contributed by atoms with Gasteiger partial charge in [0, 0.05) is 37.1 Å². The van der Waals surface area contributed by atoms with Crippen molar-refractivity contribution in [3.63, 3.8) is 0 Å². The summed E-state index contributed by atoms with van der Waals surface area (Å²) >= 11 is 1.90. The molecule has 2 rings (SSSR count). The molecule has 1 aliphatic rings. The number of guanidine groups is 1. The van der Waals surface area contributed by atoms with Crippen molar-refractivity contribution in [2.75, 3.05) is 26.2 Å². The normalized spacial score (nSPS) is 15.5. The summed E-state index contributed by atoms with van der Waals surface area (Å²) < 4.78 is 0. The number of thiophene rings is 1. The van der Waals surface area contributed by atoms with Gasteiger partial charge >= 0.3 is 0 Å². The predicted octanol–water partition coefficient (Wildman–Crippen LogP) is 2.69. The maximum absolute atomic E-state index is 4.65. The van der Waals surface area contributed by atoms with Crippen LogP contribution >= 0.6 is 35.3 Å². The molecule has 120 valence electrons. The first-order valence-corrected chi connectivity index (χ1v) is 8.39. The molecule has 2 N–H and O–H groups in total. The van der Waals surface area contributed by atoms with Crippen LogP contribution in [0.15, 0.2) is 16.4 Å². The predicted molar refractivity (Wildman–Crippen MR) is 103 cm³/mol. The summed E-state index contributed by atoms with van der Waals surface area (Å²) in [5, 5.41) is 8.85. The molecular weight excluding hydrogens is 395 g/mol. The molecule has 0 spiro atoms. The molecule has 1 aromatic heterocycles. The van der Waals surface area contributed by atoms with Crippen LogP contribution in [0.4, 0.5) is 0 Å². The number of fused-ring (bicyclic) bond motifs is 1. The molecule has 21 heavy (non-hydrogen) atoms. The van der Waals surface area contributed by atoms with E-state index >= 15 is 0 Å². The highest BCUT2D eigenvalue weighted by Gasteiger charge is 2.16. The van der Waals surface area contributed by atoms with Gasteiger partial charge in [-0.1, -0.05) is 0 Å². The fourth-order valence-electron chi connectivity index (χ4n) is 2.39. The summed E-state index contributed by atoms with van der Waals surface area (Å²) in [5.41, 5.74) is 1.51. The van der Waals surface area contributed by atoms with E-state index in [4.69, 9.17) is 0 Å². The standard InChI is InChI=1S/C15H26N4S.HI/c1-4-16-15(18-12(2)3)17-7-9-19-8-5-14-13(11-19)6-10-20-14;/h6,10,12H,4-5,7-9,11H2,1-3H3,(H2,16,17,18);1H. The summed E-state index contributed by atoms with van der Waals surface area (Å²) in [5.74, 6) is 0.927. The Kier molecular flexibility index (Phi) is 8.58. The Labute approximate surface area is 149 Å². The summed E-state index contributed by atoms with van der Waals surface area (Å²) in [6, 6.07) is 2.68. The highest BCUT2D eigenvalue weighted by atomic mass is 127. The van der Waals surface area contributed by atoms with Crippen molar-refractivity contribution in [1.29, 1.82) is 0 Å². The third kappa shape index (κ3) is 6.12. The van der Waals surface area contributed by atoms with Gasteiger partial charge in [-0.2, -0.15) is 0 Å². The SMILES string of the molecule is CCNC(=NCCN1CCc2sccc2C1)NC(C)C.I. The molecule has 0 saturated carbocycles. The van der Waals surface area contributed by atoms with E-state index in [0.717, 1.165) is 38.7 Å². The number of hydrogen-bond donors (Lipinski definition) is 2. The van der Waals surface area contributed by atoms with Gasteiger partial charge < -0.3 is 10.6 Å². The van der Waals surface area contributed by atoms with E-state index in [-0.39, 0.29) is 24.0 Å². The molecule has 1 aromatic rings. The van der Waals surface area contributed by atoms with Gasteiger partial charge in [-0.25, -0.2) is 0 Å². The van der Waals surface area contributed by atoms with Crippen LogP contribution in [0.25, 0.3) is 0 Å². The largest absolute Gasteiger partial charge is 0.357 e. The Morgan fingerprint density at radius 1 is 1.48 bits per heavy atom. The molecule has 0 unspecified atom stereocenters. The highest BCUT2D eigenvalue weighted by Crippen LogP contribution is 2.23. The maximum atomic E-state index is 4.65. The van der Waals surface area contributed by atoms with Crippen molar-refractivity contribution in [3.8, 4) is 0 Å². The molecule has 0 atom stereocenters. The summed E-state index contributed by atoms with van der Waals surface area (Å²) in [4.78, 5) is 8.71. The smallest absolute Gasteiger partial charge is 0.191 e. The zero-order chi connectivity index (χ0) is 14.4. The number of nitrogens with one attached hydrogen (secondary N) is 2. The van der Waals surface area contributed by atoms with Crippen LogP contribution in [-0.2, 0) is 13.0 Å². The number of aliphatic imine (C=N–C) groups is 1. The van der Waals surface area contributed by atoms with E-state index in [1.807, 2.05) is 11.3 Å². The van der Waals surface area contributed by atoms with Crippen LogP contribution < -0.4 is 10.6 Å². The van der Waals surface area contributed by atoms with Gasteiger partial charge in [-0.3, -0.25) is 9.89 Å². The van der Waals surface area contributed by atoms with Crippen molar-refractivity contribution in [2.45, 2.75) is 39.8 Å². The third-order valence-corrected chi connectivity index (χ3v) is 4.37. The van der Waals surface area contributed by atoms with E-state index in [9.17, 15) is 0 Å². The lowest BCUT2D eigenvalue weighted by Gasteiger charge is -2.26. The average molecular weight is 422 g/mol. The number of halogens is 1. The van der Waals surface area contributed by atoms with Crippen LogP contribution in [0, 0.1) is 0 Å². The number of rotatable bonds is 5. The molecular formula is C15H27IN4S. The van der Waals surface area contributed by atoms with Crippen LogP contribution in [0.5, 0.6) is 0 Å². The quantitative estimate of drug-likeness (QED) is 0.436. The van der Waals surface area contributed by atoms with Gasteiger partial charge in [0.1, 0.15) is 0 Å². The molecule has 6 heteroatoms. The van der Waals surface area contributed by atoms with E-state index in [1.165, 1.54) is 12.0 Å². The van der Waals surface area contributed by atoms with Crippen molar-refractivity contribution < 1.29 is 0 Å². The molecule has 0 amide bonds. The van der Waals surface area contributed by atoms with Crippen LogP contribution in [0.1, 0.15) is 31.2 Å². The first-order chi connectivity index (χ1) is 9.69. The number of hydrogen-bond acceptors (Lipinski definition) is 3. The lowest BCUT2D eigenvalue weighted by molar-refractivity contribution is 0.263. The van der Waals surface area contributed by atoms with Gasteiger partial charge in [-0.15, -0.1) is 35.3 Å². The fourth-order valence-corrected chi connectivity index (χ4v) is 3.28. The molecule has 0 saturated heterocycles. The molecule has 0 radical (unpaired) electrons. The van der Waals surface area contributed by atoms with E-state index < -0.39 is 0 Å². The second-order valence-electron chi connectivity index (χ2n) is 5.45. The van der Waals surface area contributed by atoms with Crippen molar-refractivity contribution in [3.05, 3.63) is 21.9 Å². The molecule has 2 heterocycles. The molecule has 0 bridgehead atoms. The topological polar surface area (TPSA) is 39.7 Å². The minimum absolute atomic E-state index is 0. The highest BCUT2D eigenvalue weighted by molar-refractivity contribution is 14.0. The van der Waals surface area contributed by atoms with Gasteiger partial charge in [0.2, 0.25) is 0 Å². The molecule has 0 aliphatic carbocycles. The Bertz CT molecular complexity index is 445. The zero-order valence-electron chi connectivity index (χ0n) is 13.2. The van der Waals surface area contributed by atoms with Crippen LogP contribution in [-0.4, -0.2) is 43.1 Å². The van der Waals surface area contributed by atoms with Gasteiger partial charge in [0.15, 0.2) is 5.96 Å². The summed E-state index contributed by atoms with van der Waals surface area (Å²) in [6.07, 6.45) is 1.20. The number of nitrogens with zero attached hydrogens (tertiary/aromatic N) is 2. The average Bonchev–Trinajstić information content (AvgIpc) is 2.85. The van der Waals surface area contributed by atoms with Crippen molar-refractivity contribution in [2.24, 2.45) is 4.99 Å². The monoisotopic (exact) mass is 422 g/mol. The molecule has 0 fully saturated rings. The molecule has 0 aromatic carbocycles. The lowest BCUT2D eigenvalue weighted by atomic mass is 10.1. The maximum Gasteiger partial charge on any atom is 0.191 e. The Balaban J connectivity index is 0.00000220.